The average molecular weight is 612 g/mol. The van der Waals surface area contributed by atoms with Crippen molar-refractivity contribution in [3.63, 3.8) is 0 Å². The number of aromatic nitrogens is 6. The van der Waals surface area contributed by atoms with E-state index in [0.717, 1.165) is 4.68 Å². The lowest BCUT2D eigenvalue weighted by atomic mass is 10.2. The highest BCUT2D eigenvalue weighted by Gasteiger charge is 2.41. The Kier molecular flexibility index (Phi) is 7.68. The maximum absolute atomic E-state index is 13.2. The van der Waals surface area contributed by atoms with Gasteiger partial charge in [-0.2, -0.15) is 13.2 Å². The number of hydrogen-bond acceptors (Lipinski definition) is 7. The van der Waals surface area contributed by atoms with E-state index in [1.807, 2.05) is 0 Å². The second-order valence-corrected chi connectivity index (χ2v) is 10.4. The molecule has 0 radical (unpaired) electrons. The van der Waals surface area contributed by atoms with Crippen LogP contribution in [0.3, 0.4) is 0 Å². The fraction of sp³-hybridized carbons (Fsp3) is 0.320. The van der Waals surface area contributed by atoms with Gasteiger partial charge in [0.2, 0.25) is 5.82 Å². The number of aliphatic hydroxyl groups excluding tert-OH is 1. The van der Waals surface area contributed by atoms with E-state index < -0.39 is 42.6 Å². The molecule has 0 aliphatic heterocycles. The van der Waals surface area contributed by atoms with Crippen LogP contribution in [0.5, 0.6) is 0 Å². The molecule has 1 fully saturated rings. The van der Waals surface area contributed by atoms with E-state index in [9.17, 15) is 33.0 Å². The predicted octanol–water partition coefficient (Wildman–Crippen LogP) is 2.83. The molecular formula is C25H22Cl2F3N7O4. The molecule has 0 spiro atoms. The maximum atomic E-state index is 13.2. The highest BCUT2D eigenvalue weighted by atomic mass is 35.5. The number of carbonyl (C=O) groups excluding carboxylic acids is 1. The van der Waals surface area contributed by atoms with Crippen LogP contribution in [0.25, 0.3) is 17.1 Å². The van der Waals surface area contributed by atoms with Gasteiger partial charge in [-0.15, -0.1) is 10.2 Å². The molecule has 1 aliphatic carbocycles. The third-order valence-electron chi connectivity index (χ3n) is 6.39. The molecule has 16 heteroatoms. The summed E-state index contributed by atoms with van der Waals surface area (Å²) < 4.78 is 42.2. The van der Waals surface area contributed by atoms with Gasteiger partial charge in [0.05, 0.1) is 22.9 Å². The molecule has 5 rings (SSSR count). The minimum absolute atomic E-state index is 0.00754. The molecule has 2 aromatic carbocycles. The Hall–Kier alpha value is -3.72. The second kappa shape index (κ2) is 10.9. The highest BCUT2D eigenvalue weighted by Crippen LogP contribution is 2.34. The van der Waals surface area contributed by atoms with Crippen LogP contribution in [0, 0.1) is 0 Å². The van der Waals surface area contributed by atoms with Crippen LogP contribution < -0.4 is 11.0 Å². The van der Waals surface area contributed by atoms with Gasteiger partial charge in [-0.25, -0.2) is 19.1 Å². The van der Waals surface area contributed by atoms with E-state index >= 15 is 0 Å². The van der Waals surface area contributed by atoms with Gasteiger partial charge in [-0.1, -0.05) is 35.3 Å². The van der Waals surface area contributed by atoms with Crippen LogP contribution in [0.15, 0.2) is 53.3 Å². The van der Waals surface area contributed by atoms with Crippen molar-refractivity contribution in [3.05, 3.63) is 80.7 Å². The van der Waals surface area contributed by atoms with Gasteiger partial charge >= 0.3 is 11.9 Å². The van der Waals surface area contributed by atoms with E-state index in [1.54, 1.807) is 24.3 Å². The average Bonchev–Trinajstić information content (AvgIpc) is 3.39. The number of nitrogens with zero attached hydrogens (tertiary/aromatic N) is 6. The monoisotopic (exact) mass is 611 g/mol. The van der Waals surface area contributed by atoms with Crippen LogP contribution >= 0.6 is 23.2 Å². The van der Waals surface area contributed by atoms with E-state index in [4.69, 9.17) is 23.2 Å². The molecule has 0 bridgehead atoms. The summed E-state index contributed by atoms with van der Waals surface area (Å²) in [5.41, 5.74) is -1.38. The minimum Gasteiger partial charge on any atom is -0.388 e. The zero-order valence-corrected chi connectivity index (χ0v) is 22.5. The molecule has 11 nitrogen and oxygen atoms in total. The van der Waals surface area contributed by atoms with Crippen molar-refractivity contribution in [2.75, 3.05) is 6.54 Å². The standard InChI is InChI=1S/C25H22Cl2F3N7O4/c26-15-7-5-14(6-8-15)20-34-36(23(40)35(20)11-18(38)25(28,29)30)12-19-32-21(22(39)31-13-24(41)9-10-24)37(33-19)17-4-2-1-3-16(17)27/h1-8,18,38,41H,9-13H2,(H,31,39). The van der Waals surface area contributed by atoms with E-state index in [-0.39, 0.29) is 34.6 Å². The fourth-order valence-corrected chi connectivity index (χ4v) is 4.28. The number of nitrogens with one attached hydrogen (secondary N) is 1. The Morgan fingerprint density at radius 2 is 1.78 bits per heavy atom. The number of halogens is 5. The third kappa shape index (κ3) is 6.30. The first-order chi connectivity index (χ1) is 19.3. The van der Waals surface area contributed by atoms with Crippen molar-refractivity contribution in [1.29, 1.82) is 0 Å². The Balaban J connectivity index is 1.53. The molecular weight excluding hydrogens is 590 g/mol. The summed E-state index contributed by atoms with van der Waals surface area (Å²) in [6.45, 7) is -1.55. The second-order valence-electron chi connectivity index (χ2n) is 9.56. The molecule has 1 amide bonds. The first-order valence-corrected chi connectivity index (χ1v) is 13.0. The number of hydrogen-bond donors (Lipinski definition) is 3. The van der Waals surface area contributed by atoms with E-state index in [0.29, 0.717) is 28.1 Å². The van der Waals surface area contributed by atoms with Gasteiger partial charge in [0.15, 0.2) is 17.8 Å². The number of amides is 1. The first-order valence-electron chi connectivity index (χ1n) is 12.2. The number of rotatable bonds is 9. The van der Waals surface area contributed by atoms with Gasteiger partial charge in [0.1, 0.15) is 6.54 Å². The van der Waals surface area contributed by atoms with Gasteiger partial charge < -0.3 is 15.5 Å². The lowest BCUT2D eigenvalue weighted by molar-refractivity contribution is -0.207. The Morgan fingerprint density at radius 3 is 2.41 bits per heavy atom. The molecule has 1 aliphatic rings. The first kappa shape index (κ1) is 28.8. The van der Waals surface area contributed by atoms with Crippen LogP contribution in [-0.4, -0.2) is 69.7 Å². The topological polar surface area (TPSA) is 140 Å². The number of carbonyl (C=O) groups is 1. The van der Waals surface area contributed by atoms with Crippen molar-refractivity contribution in [1.82, 2.24) is 34.4 Å². The van der Waals surface area contributed by atoms with Crippen LogP contribution in [-0.2, 0) is 13.1 Å². The summed E-state index contributed by atoms with van der Waals surface area (Å²) in [5, 5.41) is 31.5. The maximum Gasteiger partial charge on any atom is 0.416 e. The third-order valence-corrected chi connectivity index (χ3v) is 6.96. The SMILES string of the molecule is O=C(NCC1(O)CC1)c1nc(Cn2nc(-c3ccc(Cl)cc3)n(CC(O)C(F)(F)F)c2=O)nn1-c1ccccc1Cl. The summed E-state index contributed by atoms with van der Waals surface area (Å²) in [4.78, 5) is 30.5. The minimum atomic E-state index is -4.98. The highest BCUT2D eigenvalue weighted by molar-refractivity contribution is 6.32. The molecule has 2 heterocycles. The van der Waals surface area contributed by atoms with Crippen molar-refractivity contribution in [2.24, 2.45) is 0 Å². The number of benzene rings is 2. The Morgan fingerprint density at radius 1 is 1.10 bits per heavy atom. The molecule has 1 saturated carbocycles. The molecule has 4 aromatic rings. The predicted molar refractivity (Wildman–Crippen MR) is 141 cm³/mol. The normalized spacial score (nSPS) is 15.1. The van der Waals surface area contributed by atoms with Crippen molar-refractivity contribution in [2.45, 2.75) is 43.8 Å². The fourth-order valence-electron chi connectivity index (χ4n) is 3.94. The summed E-state index contributed by atoms with van der Waals surface area (Å²) >= 11 is 12.2. The lowest BCUT2D eigenvalue weighted by Gasteiger charge is -2.15. The molecule has 41 heavy (non-hydrogen) atoms. The van der Waals surface area contributed by atoms with Gasteiger partial charge in [-0.3, -0.25) is 9.36 Å². The van der Waals surface area contributed by atoms with Crippen molar-refractivity contribution >= 4 is 29.1 Å². The molecule has 216 valence electrons. The number of para-hydroxylation sites is 1. The smallest absolute Gasteiger partial charge is 0.388 e. The van der Waals surface area contributed by atoms with Crippen molar-refractivity contribution in [3.8, 4) is 17.1 Å². The van der Waals surface area contributed by atoms with Crippen LogP contribution in [0.4, 0.5) is 13.2 Å². The Labute approximate surface area is 239 Å². The summed E-state index contributed by atoms with van der Waals surface area (Å²) in [6.07, 6.45) is -6.73. The van der Waals surface area contributed by atoms with Crippen LogP contribution in [0.2, 0.25) is 10.0 Å². The molecule has 2 aromatic heterocycles. The Bertz CT molecular complexity index is 1650. The van der Waals surface area contributed by atoms with Gasteiger partial charge in [0.25, 0.3) is 5.91 Å². The molecule has 1 unspecified atom stereocenters. The van der Waals surface area contributed by atoms with Gasteiger partial charge in [-0.05, 0) is 49.2 Å². The van der Waals surface area contributed by atoms with Gasteiger partial charge in [0, 0.05) is 17.1 Å². The summed E-state index contributed by atoms with van der Waals surface area (Å²) in [6, 6.07) is 12.4. The lowest BCUT2D eigenvalue weighted by Crippen LogP contribution is -2.37. The zero-order valence-electron chi connectivity index (χ0n) is 21.0. The van der Waals surface area contributed by atoms with E-state index in [2.05, 4.69) is 20.5 Å². The van der Waals surface area contributed by atoms with Crippen molar-refractivity contribution < 1.29 is 28.2 Å². The summed E-state index contributed by atoms with van der Waals surface area (Å²) in [7, 11) is 0. The molecule has 1 atom stereocenters. The quantitative estimate of drug-likeness (QED) is 0.264. The molecule has 0 saturated heterocycles. The van der Waals surface area contributed by atoms with Crippen LogP contribution in [0.1, 0.15) is 29.3 Å². The molecule has 3 N–H and O–H groups in total. The largest absolute Gasteiger partial charge is 0.416 e. The van der Waals surface area contributed by atoms with E-state index in [1.165, 1.54) is 28.9 Å². The number of aliphatic hydroxyl groups is 2. The zero-order chi connectivity index (χ0) is 29.5. The summed E-state index contributed by atoms with van der Waals surface area (Å²) in [5.74, 6) is -1.10. The number of alkyl halides is 3.